The van der Waals surface area contributed by atoms with Gasteiger partial charge in [-0.15, -0.1) is 5.10 Å². The number of likely N-dealkylation sites (N-methyl/N-ethyl adjacent to an activating group) is 1. The zero-order valence-corrected chi connectivity index (χ0v) is 17.2. The molecule has 0 N–H and O–H groups in total. The van der Waals surface area contributed by atoms with Crippen molar-refractivity contribution in [1.82, 2.24) is 19.9 Å². The molecule has 29 heavy (non-hydrogen) atoms. The molecule has 0 spiro atoms. The second-order valence-corrected chi connectivity index (χ2v) is 7.14. The van der Waals surface area contributed by atoms with Gasteiger partial charge >= 0.3 is 5.97 Å². The van der Waals surface area contributed by atoms with E-state index in [2.05, 4.69) is 10.2 Å². The van der Waals surface area contributed by atoms with Gasteiger partial charge in [0.05, 0.1) is 11.4 Å². The Bertz CT molecular complexity index is 1040. The van der Waals surface area contributed by atoms with Crippen LogP contribution in [0, 0.1) is 20.8 Å². The highest BCUT2D eigenvalue weighted by atomic mass is 16.5. The van der Waals surface area contributed by atoms with Crippen molar-refractivity contribution in [3.05, 3.63) is 76.6 Å². The van der Waals surface area contributed by atoms with Crippen LogP contribution in [0.1, 0.15) is 39.0 Å². The van der Waals surface area contributed by atoms with Gasteiger partial charge in [0.1, 0.15) is 0 Å². The number of hydrogen-bond donors (Lipinski definition) is 0. The molecular formula is C22H24N4O3. The zero-order valence-electron chi connectivity index (χ0n) is 17.2. The molecule has 0 fully saturated rings. The van der Waals surface area contributed by atoms with E-state index in [1.165, 1.54) is 9.70 Å². The Hall–Kier alpha value is -3.48. The average Bonchev–Trinajstić information content (AvgIpc) is 3.07. The summed E-state index contributed by atoms with van der Waals surface area (Å²) in [6, 6.07) is 14.8. The Kier molecular flexibility index (Phi) is 5.77. The van der Waals surface area contributed by atoms with E-state index in [0.29, 0.717) is 11.3 Å². The van der Waals surface area contributed by atoms with Gasteiger partial charge in [0.2, 0.25) is 6.10 Å². The monoisotopic (exact) mass is 392 g/mol. The van der Waals surface area contributed by atoms with E-state index in [9.17, 15) is 9.59 Å². The molecule has 1 amide bonds. The fraction of sp³-hybridized carbons (Fsp3) is 0.273. The number of nitrogens with zero attached hydrogens (tertiary/aromatic N) is 4. The molecule has 0 bridgehead atoms. The molecule has 2 aromatic carbocycles. The first-order valence-corrected chi connectivity index (χ1v) is 9.26. The fourth-order valence-corrected chi connectivity index (χ4v) is 2.99. The smallest absolute Gasteiger partial charge is 0.361 e. The lowest BCUT2D eigenvalue weighted by Gasteiger charge is -2.20. The molecule has 7 heteroatoms. The van der Waals surface area contributed by atoms with E-state index in [1.54, 1.807) is 45.3 Å². The molecule has 0 saturated carbocycles. The maximum Gasteiger partial charge on any atom is 0.361 e. The number of carbonyl (C=O) groups excluding carboxylic acids is 2. The molecule has 0 aliphatic heterocycles. The van der Waals surface area contributed by atoms with Gasteiger partial charge in [-0.2, -0.15) is 9.90 Å². The lowest BCUT2D eigenvalue weighted by Crippen LogP contribution is -2.31. The summed E-state index contributed by atoms with van der Waals surface area (Å²) in [6.45, 7) is 5.65. The van der Waals surface area contributed by atoms with E-state index in [0.717, 1.165) is 16.8 Å². The minimum Gasteiger partial charge on any atom is -0.442 e. The van der Waals surface area contributed by atoms with Crippen molar-refractivity contribution >= 4 is 11.9 Å². The molecule has 3 aromatic rings. The first-order valence-electron chi connectivity index (χ1n) is 9.26. The molecule has 0 unspecified atom stereocenters. The Morgan fingerprint density at radius 1 is 1.00 bits per heavy atom. The second-order valence-electron chi connectivity index (χ2n) is 7.14. The van der Waals surface area contributed by atoms with E-state index in [4.69, 9.17) is 4.74 Å². The predicted molar refractivity (Wildman–Crippen MR) is 109 cm³/mol. The number of aryl methyl sites for hydroxylation is 3. The molecule has 3 rings (SSSR count). The van der Waals surface area contributed by atoms with Crippen LogP contribution in [0.3, 0.4) is 0 Å². The number of amides is 1. The van der Waals surface area contributed by atoms with Crippen LogP contribution in [0.15, 0.2) is 48.5 Å². The summed E-state index contributed by atoms with van der Waals surface area (Å²) in [6.07, 6.45) is -1.05. The van der Waals surface area contributed by atoms with Crippen LogP contribution in [-0.2, 0) is 9.53 Å². The summed E-state index contributed by atoms with van der Waals surface area (Å²) in [5.74, 6) is -1.02. The lowest BCUT2D eigenvalue weighted by molar-refractivity contribution is -0.138. The van der Waals surface area contributed by atoms with Crippen LogP contribution >= 0.6 is 0 Å². The molecule has 0 radical (unpaired) electrons. The molecular weight excluding hydrogens is 368 g/mol. The minimum absolute atomic E-state index is 0.0810. The number of benzene rings is 2. The quantitative estimate of drug-likeness (QED) is 0.623. The third kappa shape index (κ3) is 4.34. The van der Waals surface area contributed by atoms with Crippen LogP contribution in [0.25, 0.3) is 5.69 Å². The van der Waals surface area contributed by atoms with Crippen molar-refractivity contribution < 1.29 is 14.3 Å². The molecule has 0 aliphatic rings. The highest BCUT2D eigenvalue weighted by Gasteiger charge is 2.29. The second kappa shape index (κ2) is 8.26. The van der Waals surface area contributed by atoms with E-state index >= 15 is 0 Å². The lowest BCUT2D eigenvalue weighted by atomic mass is 10.1. The Morgan fingerprint density at radius 3 is 2.31 bits per heavy atom. The number of carbonyl (C=O) groups is 2. The van der Waals surface area contributed by atoms with Crippen LogP contribution < -0.4 is 0 Å². The van der Waals surface area contributed by atoms with Gasteiger partial charge in [-0.1, -0.05) is 48.0 Å². The third-order valence-corrected chi connectivity index (χ3v) is 4.54. The van der Waals surface area contributed by atoms with Crippen molar-refractivity contribution in [3.8, 4) is 5.69 Å². The van der Waals surface area contributed by atoms with E-state index in [-0.39, 0.29) is 11.6 Å². The highest BCUT2D eigenvalue weighted by molar-refractivity contribution is 5.91. The molecule has 0 saturated heterocycles. The van der Waals surface area contributed by atoms with Crippen molar-refractivity contribution in [2.75, 3.05) is 14.1 Å². The van der Waals surface area contributed by atoms with Gasteiger partial charge in [0.15, 0.2) is 5.69 Å². The standard InChI is InChI=1S/C22H24N4O3/c1-14-11-12-18(15(2)13-14)26-23-16(3)19(24-26)22(28)29-20(21(27)25(4)5)17-9-7-6-8-10-17/h6-13,20H,1-5H3/t20-/m1/s1. The van der Waals surface area contributed by atoms with Gasteiger partial charge in [-0.05, 0) is 32.4 Å². The van der Waals surface area contributed by atoms with Crippen LogP contribution in [0.4, 0.5) is 0 Å². The molecule has 7 nitrogen and oxygen atoms in total. The summed E-state index contributed by atoms with van der Waals surface area (Å²) in [5.41, 5.74) is 4.00. The number of hydrogen-bond acceptors (Lipinski definition) is 5. The zero-order chi connectivity index (χ0) is 21.1. The van der Waals surface area contributed by atoms with Gasteiger partial charge in [0, 0.05) is 19.7 Å². The number of esters is 1. The Labute approximate surface area is 169 Å². The normalized spacial score (nSPS) is 11.8. The van der Waals surface area contributed by atoms with Gasteiger partial charge in [-0.25, -0.2) is 4.79 Å². The van der Waals surface area contributed by atoms with Crippen molar-refractivity contribution in [1.29, 1.82) is 0 Å². The first-order chi connectivity index (χ1) is 13.8. The summed E-state index contributed by atoms with van der Waals surface area (Å²) in [5, 5.41) is 8.69. The molecule has 1 heterocycles. The number of ether oxygens (including phenoxy) is 1. The van der Waals surface area contributed by atoms with Crippen LogP contribution in [-0.4, -0.2) is 45.9 Å². The predicted octanol–water partition coefficient (Wildman–Crippen LogP) is 3.18. The summed E-state index contributed by atoms with van der Waals surface area (Å²) < 4.78 is 5.58. The van der Waals surface area contributed by atoms with Crippen molar-refractivity contribution in [3.63, 3.8) is 0 Å². The number of rotatable bonds is 5. The van der Waals surface area contributed by atoms with E-state index in [1.807, 2.05) is 38.1 Å². The van der Waals surface area contributed by atoms with Crippen molar-refractivity contribution in [2.24, 2.45) is 0 Å². The molecule has 0 aliphatic carbocycles. The van der Waals surface area contributed by atoms with Crippen LogP contribution in [0.2, 0.25) is 0 Å². The molecule has 1 aromatic heterocycles. The SMILES string of the molecule is Cc1ccc(-n2nc(C)c(C(=O)O[C@@H](C(=O)N(C)C)c3ccccc3)n2)c(C)c1. The first kappa shape index (κ1) is 20.3. The van der Waals surface area contributed by atoms with Crippen LogP contribution in [0.5, 0.6) is 0 Å². The van der Waals surface area contributed by atoms with Gasteiger partial charge < -0.3 is 9.64 Å². The van der Waals surface area contributed by atoms with Gasteiger partial charge in [0.25, 0.3) is 5.91 Å². The maximum atomic E-state index is 12.9. The molecule has 1 atom stereocenters. The topological polar surface area (TPSA) is 77.3 Å². The summed E-state index contributed by atoms with van der Waals surface area (Å²) in [4.78, 5) is 28.3. The van der Waals surface area contributed by atoms with Crippen molar-refractivity contribution in [2.45, 2.75) is 26.9 Å². The summed E-state index contributed by atoms with van der Waals surface area (Å²) >= 11 is 0. The minimum atomic E-state index is -1.05. The largest absolute Gasteiger partial charge is 0.442 e. The Balaban J connectivity index is 1.91. The fourth-order valence-electron chi connectivity index (χ4n) is 2.99. The average molecular weight is 392 g/mol. The third-order valence-electron chi connectivity index (χ3n) is 4.54. The van der Waals surface area contributed by atoms with E-state index < -0.39 is 12.1 Å². The van der Waals surface area contributed by atoms with Gasteiger partial charge in [-0.3, -0.25) is 4.79 Å². The number of aromatic nitrogens is 3. The summed E-state index contributed by atoms with van der Waals surface area (Å²) in [7, 11) is 3.24. The molecule has 150 valence electrons. The highest BCUT2D eigenvalue weighted by Crippen LogP contribution is 2.22. The maximum absolute atomic E-state index is 12.9. The Morgan fingerprint density at radius 2 is 1.69 bits per heavy atom.